The van der Waals surface area contributed by atoms with Crippen molar-refractivity contribution in [3.05, 3.63) is 29.0 Å². The molecule has 0 aliphatic heterocycles. The summed E-state index contributed by atoms with van der Waals surface area (Å²) in [6, 6.07) is 6.03. The first-order chi connectivity index (χ1) is 9.70. The van der Waals surface area contributed by atoms with Gasteiger partial charge in [-0.15, -0.1) is 11.6 Å². The van der Waals surface area contributed by atoms with Crippen molar-refractivity contribution in [2.45, 2.75) is 39.2 Å². The van der Waals surface area contributed by atoms with E-state index in [1.54, 1.807) is 0 Å². The molecule has 0 N–H and O–H groups in total. The molecule has 1 aliphatic rings. The fourth-order valence-corrected chi connectivity index (χ4v) is 3.75. The third-order valence-electron chi connectivity index (χ3n) is 4.58. The zero-order valence-electron chi connectivity index (χ0n) is 11.8. The van der Waals surface area contributed by atoms with Crippen LogP contribution in [0.3, 0.4) is 0 Å². The van der Waals surface area contributed by atoms with Crippen molar-refractivity contribution in [3.63, 3.8) is 0 Å². The molecule has 1 fully saturated rings. The highest BCUT2D eigenvalue weighted by Gasteiger charge is 2.25. The summed E-state index contributed by atoms with van der Waals surface area (Å²) in [6.07, 6.45) is 4.82. The van der Waals surface area contributed by atoms with Crippen LogP contribution in [0.5, 0.6) is 0 Å². The Labute approximate surface area is 130 Å². The van der Waals surface area contributed by atoms with E-state index in [2.05, 4.69) is 17.6 Å². The van der Waals surface area contributed by atoms with E-state index < -0.39 is 0 Å². The Hall–Kier alpha value is -0.730. The number of fused-ring (bicyclic) bond motifs is 1. The van der Waals surface area contributed by atoms with Gasteiger partial charge in [0.05, 0.1) is 10.5 Å². The molecule has 1 aromatic heterocycles. The number of benzene rings is 1. The van der Waals surface area contributed by atoms with Crippen LogP contribution >= 0.6 is 23.2 Å². The fourth-order valence-electron chi connectivity index (χ4n) is 3.37. The molecule has 3 rings (SSSR count). The molecule has 2 aromatic rings. The van der Waals surface area contributed by atoms with Crippen molar-refractivity contribution in [1.82, 2.24) is 9.55 Å². The van der Waals surface area contributed by atoms with E-state index in [0.29, 0.717) is 5.88 Å². The molecule has 2 atom stereocenters. The molecule has 1 aromatic carbocycles. The molecular weight excluding hydrogens is 291 g/mol. The van der Waals surface area contributed by atoms with E-state index in [0.717, 1.165) is 46.7 Å². The Kier molecular flexibility index (Phi) is 4.23. The standard InChI is InChI=1S/C16H20Cl2N2/c1-11-4-2-5-12(11)10-20-14-7-3-6-13(18)16(14)19-15(20)8-9-17/h3,6-7,11-12H,2,4-5,8-10H2,1H3. The molecule has 1 saturated carbocycles. The molecule has 1 heterocycles. The number of aryl methyl sites for hydroxylation is 1. The highest BCUT2D eigenvalue weighted by atomic mass is 35.5. The largest absolute Gasteiger partial charge is 0.328 e. The zero-order valence-corrected chi connectivity index (χ0v) is 13.3. The predicted molar refractivity (Wildman–Crippen MR) is 85.7 cm³/mol. The number of aromatic nitrogens is 2. The van der Waals surface area contributed by atoms with Crippen LogP contribution in [0.25, 0.3) is 11.0 Å². The third kappa shape index (κ3) is 2.56. The van der Waals surface area contributed by atoms with Gasteiger partial charge in [0.15, 0.2) is 0 Å². The van der Waals surface area contributed by atoms with Gasteiger partial charge in [-0.2, -0.15) is 0 Å². The number of nitrogens with zero attached hydrogens (tertiary/aromatic N) is 2. The van der Waals surface area contributed by atoms with Crippen LogP contribution in [0.15, 0.2) is 18.2 Å². The molecule has 2 nitrogen and oxygen atoms in total. The summed E-state index contributed by atoms with van der Waals surface area (Å²) in [6.45, 7) is 3.41. The van der Waals surface area contributed by atoms with Crippen LogP contribution in [0.1, 0.15) is 32.0 Å². The van der Waals surface area contributed by atoms with Gasteiger partial charge in [0.2, 0.25) is 0 Å². The van der Waals surface area contributed by atoms with Gasteiger partial charge in [0, 0.05) is 18.8 Å². The lowest BCUT2D eigenvalue weighted by atomic mass is 9.98. The Morgan fingerprint density at radius 2 is 2.20 bits per heavy atom. The maximum Gasteiger partial charge on any atom is 0.111 e. The van der Waals surface area contributed by atoms with Gasteiger partial charge in [0.25, 0.3) is 0 Å². The fraction of sp³-hybridized carbons (Fsp3) is 0.562. The normalized spacial score (nSPS) is 22.8. The molecule has 0 radical (unpaired) electrons. The second-order valence-electron chi connectivity index (χ2n) is 5.85. The second kappa shape index (κ2) is 5.95. The number of alkyl halides is 1. The summed E-state index contributed by atoms with van der Waals surface area (Å²) in [4.78, 5) is 4.72. The first kappa shape index (κ1) is 14.2. The number of halogens is 2. The minimum Gasteiger partial charge on any atom is -0.328 e. The minimum absolute atomic E-state index is 0.598. The van der Waals surface area contributed by atoms with Gasteiger partial charge in [-0.05, 0) is 30.4 Å². The molecule has 0 saturated heterocycles. The van der Waals surface area contributed by atoms with Crippen molar-refractivity contribution in [1.29, 1.82) is 0 Å². The van der Waals surface area contributed by atoms with Gasteiger partial charge in [0.1, 0.15) is 11.3 Å². The lowest BCUT2D eigenvalue weighted by Crippen LogP contribution is -2.15. The molecule has 108 valence electrons. The van der Waals surface area contributed by atoms with E-state index in [1.165, 1.54) is 19.3 Å². The van der Waals surface area contributed by atoms with Crippen molar-refractivity contribution in [2.24, 2.45) is 11.8 Å². The molecule has 20 heavy (non-hydrogen) atoms. The monoisotopic (exact) mass is 310 g/mol. The van der Waals surface area contributed by atoms with Gasteiger partial charge < -0.3 is 4.57 Å². The highest BCUT2D eigenvalue weighted by molar-refractivity contribution is 6.34. The zero-order chi connectivity index (χ0) is 14.1. The van der Waals surface area contributed by atoms with E-state index >= 15 is 0 Å². The number of hydrogen-bond acceptors (Lipinski definition) is 1. The SMILES string of the molecule is CC1CCCC1Cn1c(CCCl)nc2c(Cl)cccc21. The highest BCUT2D eigenvalue weighted by Crippen LogP contribution is 2.34. The average Bonchev–Trinajstić information content (AvgIpc) is 2.98. The maximum atomic E-state index is 6.28. The summed E-state index contributed by atoms with van der Waals surface area (Å²) in [7, 11) is 0. The summed E-state index contributed by atoms with van der Waals surface area (Å²) < 4.78 is 2.34. The van der Waals surface area contributed by atoms with Crippen LogP contribution in [0.2, 0.25) is 5.02 Å². The summed E-state index contributed by atoms with van der Waals surface area (Å²) in [5.74, 6) is 3.22. The molecule has 0 amide bonds. The summed E-state index contributed by atoms with van der Waals surface area (Å²) in [5.41, 5.74) is 2.07. The molecule has 1 aliphatic carbocycles. The lowest BCUT2D eigenvalue weighted by Gasteiger charge is -2.18. The van der Waals surface area contributed by atoms with Crippen LogP contribution in [-0.4, -0.2) is 15.4 Å². The quantitative estimate of drug-likeness (QED) is 0.734. The Morgan fingerprint density at radius 3 is 2.90 bits per heavy atom. The Morgan fingerprint density at radius 1 is 1.35 bits per heavy atom. The number of rotatable bonds is 4. The molecular formula is C16H20Cl2N2. The Bertz CT molecular complexity index is 606. The van der Waals surface area contributed by atoms with Crippen molar-refractivity contribution >= 4 is 34.2 Å². The average molecular weight is 311 g/mol. The van der Waals surface area contributed by atoms with Gasteiger partial charge in [-0.3, -0.25) is 0 Å². The first-order valence-corrected chi connectivity index (χ1v) is 8.31. The van der Waals surface area contributed by atoms with Gasteiger partial charge in [-0.25, -0.2) is 4.98 Å². The first-order valence-electron chi connectivity index (χ1n) is 7.40. The van der Waals surface area contributed by atoms with Crippen molar-refractivity contribution in [3.8, 4) is 0 Å². The molecule has 0 spiro atoms. The van der Waals surface area contributed by atoms with E-state index in [4.69, 9.17) is 28.2 Å². The molecule has 2 unspecified atom stereocenters. The number of imidazole rings is 1. The van der Waals surface area contributed by atoms with Crippen LogP contribution in [-0.2, 0) is 13.0 Å². The van der Waals surface area contributed by atoms with Crippen molar-refractivity contribution < 1.29 is 0 Å². The topological polar surface area (TPSA) is 17.8 Å². The molecule has 4 heteroatoms. The van der Waals surface area contributed by atoms with Crippen LogP contribution in [0, 0.1) is 11.8 Å². The smallest absolute Gasteiger partial charge is 0.111 e. The Balaban J connectivity index is 2.02. The second-order valence-corrected chi connectivity index (χ2v) is 6.64. The van der Waals surface area contributed by atoms with E-state index in [1.807, 2.05) is 12.1 Å². The predicted octanol–water partition coefficient (Wildman–Crippen LogP) is 4.91. The van der Waals surface area contributed by atoms with E-state index in [-0.39, 0.29) is 0 Å². The van der Waals surface area contributed by atoms with Gasteiger partial charge in [-0.1, -0.05) is 37.4 Å². The summed E-state index contributed by atoms with van der Waals surface area (Å²) >= 11 is 12.2. The lowest BCUT2D eigenvalue weighted by molar-refractivity contribution is 0.363. The maximum absolute atomic E-state index is 6.28. The van der Waals surface area contributed by atoms with Crippen LogP contribution in [0.4, 0.5) is 0 Å². The summed E-state index contributed by atoms with van der Waals surface area (Å²) in [5, 5.41) is 0.733. The molecule has 0 bridgehead atoms. The van der Waals surface area contributed by atoms with Gasteiger partial charge >= 0.3 is 0 Å². The van der Waals surface area contributed by atoms with Crippen LogP contribution < -0.4 is 0 Å². The third-order valence-corrected chi connectivity index (χ3v) is 5.08. The van der Waals surface area contributed by atoms with E-state index in [9.17, 15) is 0 Å². The number of hydrogen-bond donors (Lipinski definition) is 0. The van der Waals surface area contributed by atoms with Crippen molar-refractivity contribution in [2.75, 3.05) is 5.88 Å². The number of para-hydroxylation sites is 1. The minimum atomic E-state index is 0.598.